The van der Waals surface area contributed by atoms with Crippen molar-refractivity contribution in [3.05, 3.63) is 0 Å². The van der Waals surface area contributed by atoms with Gasteiger partial charge in [0.1, 0.15) is 12.2 Å². The molecule has 1 nitrogen and oxygen atoms in total. The second-order valence-electron chi connectivity index (χ2n) is 0.718. The molecule has 0 aromatic rings. The van der Waals surface area contributed by atoms with E-state index in [-0.39, 0.29) is 13.2 Å². The van der Waals surface area contributed by atoms with Crippen LogP contribution in [0.2, 0.25) is 0 Å². The number of hydrogen-bond acceptors (Lipinski definition) is 1. The molecule has 0 aliphatic heterocycles. The fourth-order valence-corrected chi connectivity index (χ4v) is 0.200. The average molecular weight is 106 g/mol. The molecule has 3 heteroatoms. The summed E-state index contributed by atoms with van der Waals surface area (Å²) >= 11 is 4.19. The summed E-state index contributed by atoms with van der Waals surface area (Å²) in [5.41, 5.74) is 2.16. The third-order valence-electron chi connectivity index (χ3n) is 0.292. The number of hydrogen-bond donors (Lipinski definition) is 1. The maximum Gasteiger partial charge on any atom is 0.134 e. The molecule has 0 unspecified atom stereocenters. The molecule has 1 radical (unpaired) electrons. The third-order valence-corrected chi connectivity index (χ3v) is 0.436. The van der Waals surface area contributed by atoms with Gasteiger partial charge in [-0.2, -0.15) is 0 Å². The Morgan fingerprint density at radius 2 is 2.50 bits per heavy atom. The Morgan fingerprint density at radius 3 is 2.67 bits per heavy atom. The Kier molecular flexibility index (Phi) is 4.68. The van der Waals surface area contributed by atoms with Crippen LogP contribution in [0, 0.1) is 0 Å². The number of thiocarbonyl (C=S) groups is 1. The molecule has 6 heavy (non-hydrogen) atoms. The molecule has 0 atom stereocenters. The standard InChI is InChI=1S/C3H5FNS/c4-1-2-5-3-6/h1-2H2,(H,5,6). The lowest BCUT2D eigenvalue weighted by atomic mass is 10.7. The molecule has 0 saturated heterocycles. The minimum atomic E-state index is -0.385. The van der Waals surface area contributed by atoms with Crippen molar-refractivity contribution in [3.8, 4) is 0 Å². The normalized spacial score (nSPS) is 7.50. The number of alkyl halides is 1. The summed E-state index contributed by atoms with van der Waals surface area (Å²) in [6.07, 6.45) is 0. The van der Waals surface area contributed by atoms with E-state index in [4.69, 9.17) is 0 Å². The van der Waals surface area contributed by atoms with E-state index in [1.165, 1.54) is 0 Å². The van der Waals surface area contributed by atoms with Crippen molar-refractivity contribution in [2.75, 3.05) is 13.2 Å². The van der Waals surface area contributed by atoms with Crippen molar-refractivity contribution in [1.29, 1.82) is 0 Å². The minimum absolute atomic E-state index is 0.281. The summed E-state index contributed by atoms with van der Waals surface area (Å²) < 4.78 is 11.0. The largest absolute Gasteiger partial charge is 0.371 e. The van der Waals surface area contributed by atoms with Crippen molar-refractivity contribution < 1.29 is 4.39 Å². The highest BCUT2D eigenvalue weighted by atomic mass is 32.1. The fourth-order valence-electron chi connectivity index (χ4n) is 0.0983. The Bertz CT molecular complexity index is 39.8. The molecule has 0 amide bonds. The van der Waals surface area contributed by atoms with Gasteiger partial charge in [0.15, 0.2) is 0 Å². The predicted octanol–water partition coefficient (Wildman–Crippen LogP) is 0.380. The van der Waals surface area contributed by atoms with E-state index >= 15 is 0 Å². The average Bonchev–Trinajstić information content (AvgIpc) is 1.61. The highest BCUT2D eigenvalue weighted by Gasteiger charge is 1.72. The highest BCUT2D eigenvalue weighted by molar-refractivity contribution is 7.78. The molecule has 0 aromatic carbocycles. The lowest BCUT2D eigenvalue weighted by Crippen LogP contribution is -2.11. The van der Waals surface area contributed by atoms with Crippen LogP contribution in [0.3, 0.4) is 0 Å². The van der Waals surface area contributed by atoms with Crippen LogP contribution in [0.25, 0.3) is 0 Å². The first-order valence-electron chi connectivity index (χ1n) is 1.57. The van der Waals surface area contributed by atoms with Gasteiger partial charge < -0.3 is 5.32 Å². The molecule has 35 valence electrons. The summed E-state index contributed by atoms with van der Waals surface area (Å²) in [6.45, 7) is -0.104. The van der Waals surface area contributed by atoms with Gasteiger partial charge in [0.25, 0.3) is 0 Å². The van der Waals surface area contributed by atoms with Gasteiger partial charge in [0.05, 0.1) is 0 Å². The zero-order chi connectivity index (χ0) is 4.83. The van der Waals surface area contributed by atoms with Crippen molar-refractivity contribution >= 4 is 17.7 Å². The van der Waals surface area contributed by atoms with Gasteiger partial charge in [-0.05, 0) is 0 Å². The molecule has 0 aliphatic carbocycles. The van der Waals surface area contributed by atoms with Crippen molar-refractivity contribution in [1.82, 2.24) is 5.32 Å². The molecule has 0 heterocycles. The van der Waals surface area contributed by atoms with E-state index in [1.54, 1.807) is 0 Å². The van der Waals surface area contributed by atoms with Gasteiger partial charge >= 0.3 is 0 Å². The molecule has 0 rings (SSSR count). The smallest absolute Gasteiger partial charge is 0.134 e. The molecule has 0 aliphatic rings. The minimum Gasteiger partial charge on any atom is -0.371 e. The van der Waals surface area contributed by atoms with Crippen LogP contribution in [0.4, 0.5) is 4.39 Å². The van der Waals surface area contributed by atoms with Crippen LogP contribution in [0.5, 0.6) is 0 Å². The monoisotopic (exact) mass is 106 g/mol. The second-order valence-corrected chi connectivity index (χ2v) is 0.922. The van der Waals surface area contributed by atoms with Crippen LogP contribution in [0.15, 0.2) is 0 Å². The lowest BCUT2D eigenvalue weighted by Gasteiger charge is -1.84. The van der Waals surface area contributed by atoms with Gasteiger partial charge in [-0.25, -0.2) is 4.39 Å². The molecule has 0 bridgehead atoms. The molecule has 0 fully saturated rings. The SMILES string of the molecule is FCCN[C]=S. The Labute approximate surface area is 41.5 Å². The maximum absolute atomic E-state index is 11.0. The molecular formula is C3H5FNS. The van der Waals surface area contributed by atoms with E-state index in [9.17, 15) is 4.39 Å². The fraction of sp³-hybridized carbons (Fsp3) is 0.667. The van der Waals surface area contributed by atoms with Gasteiger partial charge in [-0.3, -0.25) is 0 Å². The van der Waals surface area contributed by atoms with Crippen molar-refractivity contribution in [2.24, 2.45) is 0 Å². The quantitative estimate of drug-likeness (QED) is 0.317. The van der Waals surface area contributed by atoms with Gasteiger partial charge in [0.2, 0.25) is 0 Å². The van der Waals surface area contributed by atoms with Crippen LogP contribution in [-0.2, 0) is 0 Å². The van der Waals surface area contributed by atoms with Crippen LogP contribution in [0.1, 0.15) is 0 Å². The van der Waals surface area contributed by atoms with Crippen molar-refractivity contribution in [2.45, 2.75) is 0 Å². The molecule has 0 aromatic heterocycles. The summed E-state index contributed by atoms with van der Waals surface area (Å²) in [5, 5.41) is 2.39. The first kappa shape index (κ1) is 5.82. The topological polar surface area (TPSA) is 12.0 Å². The highest BCUT2D eigenvalue weighted by Crippen LogP contribution is 1.57. The van der Waals surface area contributed by atoms with Gasteiger partial charge in [-0.15, -0.1) is 0 Å². The van der Waals surface area contributed by atoms with E-state index in [0.29, 0.717) is 0 Å². The van der Waals surface area contributed by atoms with E-state index in [2.05, 4.69) is 23.0 Å². The van der Waals surface area contributed by atoms with Gasteiger partial charge in [-0.1, -0.05) is 12.2 Å². The van der Waals surface area contributed by atoms with E-state index in [0.717, 1.165) is 0 Å². The molecular weight excluding hydrogens is 101 g/mol. The number of halogens is 1. The molecule has 1 N–H and O–H groups in total. The zero-order valence-electron chi connectivity index (χ0n) is 3.20. The van der Waals surface area contributed by atoms with Crippen LogP contribution < -0.4 is 5.32 Å². The molecule has 0 saturated carbocycles. The molecule has 0 spiro atoms. The van der Waals surface area contributed by atoms with E-state index < -0.39 is 0 Å². The zero-order valence-corrected chi connectivity index (χ0v) is 4.02. The summed E-state index contributed by atoms with van der Waals surface area (Å²) in [4.78, 5) is 0. The third kappa shape index (κ3) is 3.82. The second kappa shape index (κ2) is 4.82. The Balaban J connectivity index is 2.49. The maximum atomic E-state index is 11.0. The van der Waals surface area contributed by atoms with Gasteiger partial charge in [0, 0.05) is 6.54 Å². The Morgan fingerprint density at radius 1 is 1.83 bits per heavy atom. The number of rotatable bonds is 3. The lowest BCUT2D eigenvalue weighted by molar-refractivity contribution is 0.493. The summed E-state index contributed by atoms with van der Waals surface area (Å²) in [5.74, 6) is 0. The first-order valence-corrected chi connectivity index (χ1v) is 1.98. The Hall–Kier alpha value is -0.180. The van der Waals surface area contributed by atoms with Crippen LogP contribution >= 0.6 is 12.2 Å². The summed E-state index contributed by atoms with van der Waals surface area (Å²) in [7, 11) is 0. The predicted molar refractivity (Wildman–Crippen MR) is 26.6 cm³/mol. The van der Waals surface area contributed by atoms with E-state index in [1.807, 2.05) is 0 Å². The number of nitrogens with one attached hydrogen (secondary N) is 1. The van der Waals surface area contributed by atoms with Crippen molar-refractivity contribution in [3.63, 3.8) is 0 Å². The van der Waals surface area contributed by atoms with Crippen LogP contribution in [-0.4, -0.2) is 18.7 Å². The summed E-state index contributed by atoms with van der Waals surface area (Å²) in [6, 6.07) is 0. The first-order chi connectivity index (χ1) is 2.91.